The van der Waals surface area contributed by atoms with E-state index in [0.717, 1.165) is 6.07 Å². The lowest BCUT2D eigenvalue weighted by atomic mass is 10.1. The normalized spacial score (nSPS) is 11.2. The van der Waals surface area contributed by atoms with E-state index < -0.39 is 11.6 Å². The van der Waals surface area contributed by atoms with Gasteiger partial charge in [-0.2, -0.15) is 5.10 Å². The predicted molar refractivity (Wildman–Crippen MR) is 58.1 cm³/mol. The maximum absolute atomic E-state index is 13.8. The number of aromatic nitrogens is 2. The van der Waals surface area contributed by atoms with Crippen LogP contribution in [-0.4, -0.2) is 10.2 Å². The average Bonchev–Trinajstić information content (AvgIpc) is 2.87. The van der Waals surface area contributed by atoms with Crippen molar-refractivity contribution in [3.63, 3.8) is 0 Å². The molecule has 0 saturated carbocycles. The van der Waals surface area contributed by atoms with Crippen LogP contribution in [-0.2, 0) is 0 Å². The molecule has 0 amide bonds. The maximum atomic E-state index is 13.8. The monoisotopic (exact) mass is 235 g/mol. The molecule has 2 aromatic heterocycles. The first-order valence-electron chi connectivity index (χ1n) is 4.83. The molecule has 4 nitrogen and oxygen atoms in total. The number of nitrogens with two attached hydrogens (primary N) is 1. The Labute approximate surface area is 94.0 Å². The molecule has 0 saturated heterocycles. The molecule has 0 bridgehead atoms. The Morgan fingerprint density at radius 3 is 2.76 bits per heavy atom. The van der Waals surface area contributed by atoms with Gasteiger partial charge in [-0.1, -0.05) is 0 Å². The number of benzene rings is 1. The van der Waals surface area contributed by atoms with Crippen LogP contribution in [0.4, 0.5) is 14.6 Å². The summed E-state index contributed by atoms with van der Waals surface area (Å²) in [5.74, 6) is -1.20. The van der Waals surface area contributed by atoms with Gasteiger partial charge in [0.25, 0.3) is 0 Å². The Kier molecular flexibility index (Phi) is 1.91. The summed E-state index contributed by atoms with van der Waals surface area (Å²) in [6.45, 7) is 0. The van der Waals surface area contributed by atoms with Crippen molar-refractivity contribution in [3.8, 4) is 11.3 Å². The molecule has 6 heteroatoms. The third-order valence-corrected chi connectivity index (χ3v) is 2.51. The molecular weight excluding hydrogens is 228 g/mol. The number of nitrogen functional groups attached to an aromatic ring is 1. The van der Waals surface area contributed by atoms with E-state index in [1.807, 2.05) is 0 Å². The number of hydrogen-bond donors (Lipinski definition) is 2. The molecule has 0 spiro atoms. The highest BCUT2D eigenvalue weighted by Gasteiger charge is 2.17. The Hall–Kier alpha value is -2.37. The second-order valence-corrected chi connectivity index (χ2v) is 3.59. The summed E-state index contributed by atoms with van der Waals surface area (Å²) in [4.78, 5) is 0. The number of furan rings is 1. The van der Waals surface area contributed by atoms with Gasteiger partial charge in [0.05, 0.1) is 12.0 Å². The minimum Gasteiger partial charge on any atom is -0.461 e. The largest absolute Gasteiger partial charge is 0.461 e. The number of nitrogens with zero attached hydrogens (tertiary/aromatic N) is 1. The first-order valence-corrected chi connectivity index (χ1v) is 4.83. The molecule has 0 radical (unpaired) electrons. The molecule has 0 atom stereocenters. The summed E-state index contributed by atoms with van der Waals surface area (Å²) in [7, 11) is 0. The van der Waals surface area contributed by atoms with Gasteiger partial charge in [0.2, 0.25) is 0 Å². The molecule has 0 aliphatic heterocycles. The molecule has 0 aliphatic carbocycles. The third-order valence-electron chi connectivity index (χ3n) is 2.51. The molecule has 0 aliphatic rings. The van der Waals surface area contributed by atoms with E-state index in [-0.39, 0.29) is 17.0 Å². The van der Waals surface area contributed by atoms with Gasteiger partial charge in [0.15, 0.2) is 11.4 Å². The molecule has 3 aromatic rings. The van der Waals surface area contributed by atoms with E-state index in [0.29, 0.717) is 11.1 Å². The molecule has 0 fully saturated rings. The molecule has 1 aromatic carbocycles. The van der Waals surface area contributed by atoms with Crippen LogP contribution in [0.15, 0.2) is 28.9 Å². The molecule has 86 valence electrons. The fraction of sp³-hybridized carbons (Fsp3) is 0. The van der Waals surface area contributed by atoms with Gasteiger partial charge in [-0.15, -0.1) is 0 Å². The molecule has 3 N–H and O–H groups in total. The minimum absolute atomic E-state index is 0.00886. The summed E-state index contributed by atoms with van der Waals surface area (Å²) in [6, 6.07) is 3.74. The van der Waals surface area contributed by atoms with Crippen LogP contribution < -0.4 is 5.73 Å². The summed E-state index contributed by atoms with van der Waals surface area (Å²) >= 11 is 0. The van der Waals surface area contributed by atoms with Crippen LogP contribution in [0.25, 0.3) is 22.2 Å². The fourth-order valence-electron chi connectivity index (χ4n) is 1.81. The molecular formula is C11H7F2N3O. The van der Waals surface area contributed by atoms with Crippen molar-refractivity contribution in [2.75, 3.05) is 5.73 Å². The highest BCUT2D eigenvalue weighted by atomic mass is 19.1. The standard InChI is InChI=1S/C11H7F2N3O/c12-6-3-7(13)11-5(1-2-17-11)10(6)8-4-9(14)16-15-8/h1-4H,(H3,14,15,16). The van der Waals surface area contributed by atoms with Gasteiger partial charge in [0, 0.05) is 23.1 Å². The zero-order valence-corrected chi connectivity index (χ0v) is 8.50. The average molecular weight is 235 g/mol. The van der Waals surface area contributed by atoms with Crippen LogP contribution in [0.1, 0.15) is 0 Å². The number of fused-ring (bicyclic) bond motifs is 1. The highest BCUT2D eigenvalue weighted by Crippen LogP contribution is 2.33. The van der Waals surface area contributed by atoms with Crippen LogP contribution in [0, 0.1) is 11.6 Å². The minimum atomic E-state index is -0.737. The van der Waals surface area contributed by atoms with Crippen molar-refractivity contribution in [2.24, 2.45) is 0 Å². The number of nitrogens with one attached hydrogen (secondary N) is 1. The smallest absolute Gasteiger partial charge is 0.170 e. The molecule has 0 unspecified atom stereocenters. The van der Waals surface area contributed by atoms with Crippen molar-refractivity contribution < 1.29 is 13.2 Å². The molecule has 3 rings (SSSR count). The lowest BCUT2D eigenvalue weighted by Gasteiger charge is -2.02. The topological polar surface area (TPSA) is 67.8 Å². The lowest BCUT2D eigenvalue weighted by Crippen LogP contribution is -1.89. The van der Waals surface area contributed by atoms with Gasteiger partial charge in [-0.3, -0.25) is 5.10 Å². The second kappa shape index (κ2) is 3.31. The van der Waals surface area contributed by atoms with Crippen molar-refractivity contribution in [2.45, 2.75) is 0 Å². The van der Waals surface area contributed by atoms with Crippen LogP contribution >= 0.6 is 0 Å². The first kappa shape index (κ1) is 9.83. The number of halogens is 2. The summed E-state index contributed by atoms with van der Waals surface area (Å²) < 4.78 is 32.1. The number of hydrogen-bond acceptors (Lipinski definition) is 3. The van der Waals surface area contributed by atoms with E-state index in [4.69, 9.17) is 10.2 Å². The Bertz CT molecular complexity index is 702. The summed E-state index contributed by atoms with van der Waals surface area (Å²) in [5, 5.41) is 6.63. The van der Waals surface area contributed by atoms with Gasteiger partial charge >= 0.3 is 0 Å². The van der Waals surface area contributed by atoms with Crippen LogP contribution in [0.2, 0.25) is 0 Å². The van der Waals surface area contributed by atoms with Crippen LogP contribution in [0.3, 0.4) is 0 Å². The van der Waals surface area contributed by atoms with Gasteiger partial charge in [-0.25, -0.2) is 8.78 Å². The highest BCUT2D eigenvalue weighted by molar-refractivity contribution is 5.93. The van der Waals surface area contributed by atoms with E-state index in [9.17, 15) is 8.78 Å². The Morgan fingerprint density at radius 1 is 1.24 bits per heavy atom. The fourth-order valence-corrected chi connectivity index (χ4v) is 1.81. The third kappa shape index (κ3) is 1.37. The number of rotatable bonds is 1. The maximum Gasteiger partial charge on any atom is 0.170 e. The van der Waals surface area contributed by atoms with Gasteiger partial charge in [-0.05, 0) is 6.07 Å². The Morgan fingerprint density at radius 2 is 2.06 bits per heavy atom. The van der Waals surface area contributed by atoms with E-state index in [1.54, 1.807) is 0 Å². The predicted octanol–water partition coefficient (Wildman–Crippen LogP) is 2.68. The van der Waals surface area contributed by atoms with Crippen molar-refractivity contribution >= 4 is 16.8 Å². The number of H-pyrrole nitrogens is 1. The zero-order chi connectivity index (χ0) is 12.0. The molecule has 2 heterocycles. The number of aromatic amines is 1. The quantitative estimate of drug-likeness (QED) is 0.681. The SMILES string of the molecule is Nc1cc(-c2c(F)cc(F)c3occc23)[nH]n1. The van der Waals surface area contributed by atoms with Crippen molar-refractivity contribution in [1.82, 2.24) is 10.2 Å². The van der Waals surface area contributed by atoms with Gasteiger partial charge < -0.3 is 10.2 Å². The Balaban J connectivity index is 2.39. The summed E-state index contributed by atoms with van der Waals surface area (Å²) in [5.41, 5.74) is 6.04. The zero-order valence-electron chi connectivity index (χ0n) is 8.50. The molecule has 17 heavy (non-hydrogen) atoms. The lowest BCUT2D eigenvalue weighted by molar-refractivity contribution is 0.548. The van der Waals surface area contributed by atoms with Crippen molar-refractivity contribution in [3.05, 3.63) is 36.1 Å². The van der Waals surface area contributed by atoms with E-state index in [2.05, 4.69) is 10.2 Å². The first-order chi connectivity index (χ1) is 8.16. The van der Waals surface area contributed by atoms with E-state index in [1.165, 1.54) is 18.4 Å². The number of anilines is 1. The van der Waals surface area contributed by atoms with Crippen molar-refractivity contribution in [1.29, 1.82) is 0 Å². The van der Waals surface area contributed by atoms with Crippen LogP contribution in [0.5, 0.6) is 0 Å². The summed E-state index contributed by atoms with van der Waals surface area (Å²) in [6.07, 6.45) is 1.30. The van der Waals surface area contributed by atoms with E-state index >= 15 is 0 Å². The second-order valence-electron chi connectivity index (χ2n) is 3.59. The van der Waals surface area contributed by atoms with Gasteiger partial charge in [0.1, 0.15) is 11.6 Å².